The zero-order chi connectivity index (χ0) is 10.8. The highest BCUT2D eigenvalue weighted by molar-refractivity contribution is 5.77. The van der Waals surface area contributed by atoms with Crippen molar-refractivity contribution >= 4 is 5.91 Å². The smallest absolute Gasteiger partial charge is 0.248 e. The molecule has 1 fully saturated rings. The average molecular weight is 200 g/mol. The molecule has 0 radical (unpaired) electrons. The summed E-state index contributed by atoms with van der Waals surface area (Å²) < 4.78 is 0. The number of rotatable bonds is 4. The van der Waals surface area contributed by atoms with Gasteiger partial charge < -0.3 is 5.73 Å². The normalized spacial score (nSPS) is 23.3. The molecule has 0 spiro atoms. The Bertz CT molecular complexity index is 216. The van der Waals surface area contributed by atoms with Crippen LogP contribution in [0.15, 0.2) is 0 Å². The summed E-state index contributed by atoms with van der Waals surface area (Å²) in [7, 11) is 0. The number of nitrogens with zero attached hydrogens (tertiary/aromatic N) is 1. The Balaban J connectivity index is 2.50. The second kappa shape index (κ2) is 4.28. The van der Waals surface area contributed by atoms with Gasteiger partial charge in [-0.1, -0.05) is 20.8 Å². The second-order valence-corrected chi connectivity index (χ2v) is 4.64. The fourth-order valence-electron chi connectivity index (χ4n) is 1.37. The maximum Gasteiger partial charge on any atom is 0.248 e. The van der Waals surface area contributed by atoms with Gasteiger partial charge in [0.05, 0.1) is 19.1 Å². The zero-order valence-electron chi connectivity index (χ0n) is 9.25. The van der Waals surface area contributed by atoms with Crippen molar-refractivity contribution in [2.24, 2.45) is 11.1 Å². The van der Waals surface area contributed by atoms with Crippen LogP contribution in [0.3, 0.4) is 0 Å². The Morgan fingerprint density at radius 1 is 1.64 bits per heavy atom. The lowest BCUT2D eigenvalue weighted by Gasteiger charge is -2.27. The van der Waals surface area contributed by atoms with Crippen molar-refractivity contribution in [3.63, 3.8) is 0 Å². The van der Waals surface area contributed by atoms with E-state index in [4.69, 9.17) is 10.6 Å². The quantitative estimate of drug-likeness (QED) is 0.734. The molecule has 1 aliphatic rings. The van der Waals surface area contributed by atoms with Gasteiger partial charge in [-0.3, -0.25) is 9.63 Å². The van der Waals surface area contributed by atoms with Crippen molar-refractivity contribution in [2.75, 3.05) is 13.1 Å². The summed E-state index contributed by atoms with van der Waals surface area (Å²) >= 11 is 0. The Hall–Kier alpha value is -0.610. The lowest BCUT2D eigenvalue weighted by molar-refractivity contribution is -0.180. The van der Waals surface area contributed by atoms with Crippen LogP contribution in [0, 0.1) is 5.41 Å². The maximum absolute atomic E-state index is 11.5. The minimum absolute atomic E-state index is 0.0658. The monoisotopic (exact) mass is 200 g/mol. The summed E-state index contributed by atoms with van der Waals surface area (Å²) in [5, 5.41) is 1.47. The third-order valence-corrected chi connectivity index (χ3v) is 2.54. The molecule has 1 unspecified atom stereocenters. The van der Waals surface area contributed by atoms with Gasteiger partial charge in [0.2, 0.25) is 5.91 Å². The molecule has 14 heavy (non-hydrogen) atoms. The fourth-order valence-corrected chi connectivity index (χ4v) is 1.37. The van der Waals surface area contributed by atoms with Crippen molar-refractivity contribution in [3.05, 3.63) is 0 Å². The van der Waals surface area contributed by atoms with Gasteiger partial charge in [0.25, 0.3) is 0 Å². The molecule has 0 saturated carbocycles. The van der Waals surface area contributed by atoms with E-state index in [1.807, 2.05) is 20.8 Å². The number of nitrogens with two attached hydrogens (primary N) is 1. The number of amides is 1. The standard InChI is InChI=1S/C10H20N2O2/c1-4-8-5-9(13)12(14-8)7-10(2,3)6-11/h8H,4-7,11H2,1-3H3. The molecular weight excluding hydrogens is 180 g/mol. The van der Waals surface area contributed by atoms with Gasteiger partial charge in [-0.2, -0.15) is 0 Å². The lowest BCUT2D eigenvalue weighted by Crippen LogP contribution is -2.38. The number of hydroxylamine groups is 2. The Morgan fingerprint density at radius 2 is 2.29 bits per heavy atom. The van der Waals surface area contributed by atoms with Gasteiger partial charge in [0.15, 0.2) is 0 Å². The lowest BCUT2D eigenvalue weighted by atomic mass is 9.94. The molecule has 0 aromatic carbocycles. The number of carbonyl (C=O) groups is 1. The molecule has 1 rings (SSSR count). The number of hydrogen-bond acceptors (Lipinski definition) is 3. The molecule has 0 aliphatic carbocycles. The van der Waals surface area contributed by atoms with Crippen LogP contribution in [0.1, 0.15) is 33.6 Å². The van der Waals surface area contributed by atoms with Crippen LogP contribution >= 0.6 is 0 Å². The third-order valence-electron chi connectivity index (χ3n) is 2.54. The summed E-state index contributed by atoms with van der Waals surface area (Å²) in [6, 6.07) is 0. The molecule has 1 saturated heterocycles. The predicted octanol–water partition coefficient (Wildman–Crippen LogP) is 0.914. The van der Waals surface area contributed by atoms with Crippen molar-refractivity contribution in [1.29, 1.82) is 0 Å². The topological polar surface area (TPSA) is 55.6 Å². The van der Waals surface area contributed by atoms with Crippen molar-refractivity contribution in [2.45, 2.75) is 39.7 Å². The van der Waals surface area contributed by atoms with Gasteiger partial charge in [-0.15, -0.1) is 0 Å². The first-order valence-corrected chi connectivity index (χ1v) is 5.15. The van der Waals surface area contributed by atoms with Crippen LogP contribution in [-0.4, -0.2) is 30.2 Å². The minimum atomic E-state index is -0.0711. The van der Waals surface area contributed by atoms with Gasteiger partial charge in [0.1, 0.15) is 0 Å². The number of carbonyl (C=O) groups excluding carboxylic acids is 1. The SMILES string of the molecule is CCC1CC(=O)N(CC(C)(C)CN)O1. The first kappa shape index (κ1) is 11.5. The summed E-state index contributed by atoms with van der Waals surface area (Å²) in [6.07, 6.45) is 1.46. The molecule has 82 valence electrons. The number of hydrogen-bond donors (Lipinski definition) is 1. The zero-order valence-corrected chi connectivity index (χ0v) is 9.25. The first-order valence-electron chi connectivity index (χ1n) is 5.15. The minimum Gasteiger partial charge on any atom is -0.330 e. The summed E-state index contributed by atoms with van der Waals surface area (Å²) in [4.78, 5) is 17.0. The Labute approximate surface area is 85.3 Å². The summed E-state index contributed by atoms with van der Waals surface area (Å²) in [6.45, 7) is 7.22. The van der Waals surface area contributed by atoms with E-state index >= 15 is 0 Å². The molecule has 0 aromatic heterocycles. The van der Waals surface area contributed by atoms with Gasteiger partial charge in [-0.05, 0) is 18.4 Å². The van der Waals surface area contributed by atoms with Crippen LogP contribution in [0.4, 0.5) is 0 Å². The van der Waals surface area contributed by atoms with E-state index in [0.29, 0.717) is 19.5 Å². The fraction of sp³-hybridized carbons (Fsp3) is 0.900. The molecule has 4 nitrogen and oxygen atoms in total. The van der Waals surface area contributed by atoms with Crippen LogP contribution in [0.25, 0.3) is 0 Å². The molecule has 1 atom stereocenters. The van der Waals surface area contributed by atoms with Crippen LogP contribution in [0.5, 0.6) is 0 Å². The highest BCUT2D eigenvalue weighted by Crippen LogP contribution is 2.23. The van der Waals surface area contributed by atoms with E-state index in [0.717, 1.165) is 6.42 Å². The van der Waals surface area contributed by atoms with Gasteiger partial charge >= 0.3 is 0 Å². The van der Waals surface area contributed by atoms with Gasteiger partial charge in [0, 0.05) is 0 Å². The van der Waals surface area contributed by atoms with Crippen molar-refractivity contribution in [1.82, 2.24) is 5.06 Å². The van der Waals surface area contributed by atoms with Crippen LogP contribution in [0.2, 0.25) is 0 Å². The van der Waals surface area contributed by atoms with E-state index < -0.39 is 0 Å². The Morgan fingerprint density at radius 3 is 2.71 bits per heavy atom. The average Bonchev–Trinajstić information content (AvgIpc) is 2.47. The van der Waals surface area contributed by atoms with E-state index in [2.05, 4.69) is 0 Å². The summed E-state index contributed by atoms with van der Waals surface area (Å²) in [5.74, 6) is 0.0818. The van der Waals surface area contributed by atoms with Crippen LogP contribution < -0.4 is 5.73 Å². The van der Waals surface area contributed by atoms with E-state index in [-0.39, 0.29) is 17.4 Å². The Kier molecular flexibility index (Phi) is 3.50. The largest absolute Gasteiger partial charge is 0.330 e. The highest BCUT2D eigenvalue weighted by Gasteiger charge is 2.33. The van der Waals surface area contributed by atoms with E-state index in [1.165, 1.54) is 5.06 Å². The molecule has 1 amide bonds. The highest BCUT2D eigenvalue weighted by atomic mass is 16.7. The molecule has 4 heteroatoms. The molecule has 0 bridgehead atoms. The third kappa shape index (κ3) is 2.69. The predicted molar refractivity (Wildman–Crippen MR) is 54.3 cm³/mol. The molecule has 2 N–H and O–H groups in total. The second-order valence-electron chi connectivity index (χ2n) is 4.64. The summed E-state index contributed by atoms with van der Waals surface area (Å²) in [5.41, 5.74) is 5.53. The molecule has 1 aliphatic heterocycles. The van der Waals surface area contributed by atoms with Crippen molar-refractivity contribution < 1.29 is 9.63 Å². The molecule has 0 aromatic rings. The first-order chi connectivity index (χ1) is 6.48. The van der Waals surface area contributed by atoms with Crippen molar-refractivity contribution in [3.8, 4) is 0 Å². The molecular formula is C10H20N2O2. The maximum atomic E-state index is 11.5. The van der Waals surface area contributed by atoms with Crippen LogP contribution in [-0.2, 0) is 9.63 Å². The van der Waals surface area contributed by atoms with E-state index in [1.54, 1.807) is 0 Å². The van der Waals surface area contributed by atoms with Gasteiger partial charge in [-0.25, -0.2) is 5.06 Å². The molecule has 1 heterocycles. The van der Waals surface area contributed by atoms with E-state index in [9.17, 15) is 4.79 Å².